The van der Waals surface area contributed by atoms with E-state index in [1.165, 1.54) is 37.6 Å². The van der Waals surface area contributed by atoms with Crippen molar-refractivity contribution in [2.45, 2.75) is 37.0 Å². The SMILES string of the molecule is CNS(=O)(=O)c1cccc(C(=O)NCCC2=CCCCC2)c1. The quantitative estimate of drug-likeness (QED) is 0.789. The molecule has 1 aromatic rings. The first-order valence-corrected chi connectivity index (χ1v) is 9.01. The standard InChI is InChI=1S/C16H22N2O3S/c1-17-22(20,21)15-9-5-8-14(12-15)16(19)18-11-10-13-6-3-2-4-7-13/h5-6,8-9,12,17H,2-4,7,10-11H2,1H3,(H,18,19). The molecule has 1 aliphatic carbocycles. The third-order valence-electron chi connectivity index (χ3n) is 3.79. The van der Waals surface area contributed by atoms with E-state index in [9.17, 15) is 13.2 Å². The molecule has 0 bridgehead atoms. The predicted molar refractivity (Wildman–Crippen MR) is 86.2 cm³/mol. The van der Waals surface area contributed by atoms with E-state index in [4.69, 9.17) is 0 Å². The highest BCUT2D eigenvalue weighted by atomic mass is 32.2. The van der Waals surface area contributed by atoms with Crippen molar-refractivity contribution in [3.63, 3.8) is 0 Å². The molecule has 1 aliphatic rings. The fourth-order valence-electron chi connectivity index (χ4n) is 2.49. The Kier molecular flexibility index (Phi) is 5.74. The minimum absolute atomic E-state index is 0.0950. The summed E-state index contributed by atoms with van der Waals surface area (Å²) < 4.78 is 25.7. The highest BCUT2D eigenvalue weighted by molar-refractivity contribution is 7.89. The average molecular weight is 322 g/mol. The van der Waals surface area contributed by atoms with Gasteiger partial charge < -0.3 is 5.32 Å². The topological polar surface area (TPSA) is 75.3 Å². The Morgan fingerprint density at radius 3 is 2.77 bits per heavy atom. The highest BCUT2D eigenvalue weighted by Crippen LogP contribution is 2.19. The molecule has 5 nitrogen and oxygen atoms in total. The van der Waals surface area contributed by atoms with Crippen LogP contribution < -0.4 is 10.0 Å². The Labute approximate surface area is 131 Å². The largest absolute Gasteiger partial charge is 0.352 e. The Morgan fingerprint density at radius 2 is 2.09 bits per heavy atom. The van der Waals surface area contributed by atoms with Crippen molar-refractivity contribution < 1.29 is 13.2 Å². The minimum atomic E-state index is -3.53. The van der Waals surface area contributed by atoms with Gasteiger partial charge in [-0.25, -0.2) is 13.1 Å². The zero-order valence-electron chi connectivity index (χ0n) is 12.8. The molecule has 2 rings (SSSR count). The molecule has 1 aromatic carbocycles. The van der Waals surface area contributed by atoms with Crippen LogP contribution in [-0.4, -0.2) is 27.9 Å². The lowest BCUT2D eigenvalue weighted by atomic mass is 9.97. The summed E-state index contributed by atoms with van der Waals surface area (Å²) in [6, 6.07) is 6.04. The van der Waals surface area contributed by atoms with E-state index in [0.717, 1.165) is 19.3 Å². The smallest absolute Gasteiger partial charge is 0.251 e. The van der Waals surface area contributed by atoms with Gasteiger partial charge >= 0.3 is 0 Å². The molecule has 6 heteroatoms. The van der Waals surface area contributed by atoms with Crippen LogP contribution in [0.4, 0.5) is 0 Å². The van der Waals surface area contributed by atoms with Gasteiger partial charge in [0.25, 0.3) is 5.91 Å². The third-order valence-corrected chi connectivity index (χ3v) is 5.20. The van der Waals surface area contributed by atoms with Crippen LogP contribution in [0, 0.1) is 0 Å². The molecule has 0 aliphatic heterocycles. The van der Waals surface area contributed by atoms with Gasteiger partial charge in [0.2, 0.25) is 10.0 Å². The van der Waals surface area contributed by atoms with Crippen LogP contribution in [0.25, 0.3) is 0 Å². The lowest BCUT2D eigenvalue weighted by molar-refractivity contribution is 0.0954. The normalized spacial score (nSPS) is 15.2. The number of allylic oxidation sites excluding steroid dienone is 1. The molecule has 2 N–H and O–H groups in total. The van der Waals surface area contributed by atoms with Crippen molar-refractivity contribution >= 4 is 15.9 Å². The van der Waals surface area contributed by atoms with E-state index in [1.807, 2.05) is 0 Å². The summed E-state index contributed by atoms with van der Waals surface area (Å²) in [7, 11) is -2.18. The third kappa shape index (κ3) is 4.42. The van der Waals surface area contributed by atoms with Crippen LogP contribution in [0.2, 0.25) is 0 Å². The summed E-state index contributed by atoms with van der Waals surface area (Å²) in [6.45, 7) is 0.577. The zero-order valence-corrected chi connectivity index (χ0v) is 13.6. The van der Waals surface area contributed by atoms with Gasteiger partial charge in [-0.1, -0.05) is 17.7 Å². The van der Waals surface area contributed by atoms with Crippen molar-refractivity contribution in [3.8, 4) is 0 Å². The maximum absolute atomic E-state index is 12.1. The molecule has 0 unspecified atom stereocenters. The summed E-state index contributed by atoms with van der Waals surface area (Å²) in [5.41, 5.74) is 1.76. The maximum Gasteiger partial charge on any atom is 0.251 e. The monoisotopic (exact) mass is 322 g/mol. The summed E-state index contributed by atoms with van der Waals surface area (Å²) in [4.78, 5) is 12.2. The second kappa shape index (κ2) is 7.56. The van der Waals surface area contributed by atoms with Crippen molar-refractivity contribution in [1.82, 2.24) is 10.0 Å². The molecule has 0 atom stereocenters. The Morgan fingerprint density at radius 1 is 1.27 bits per heavy atom. The number of amides is 1. The van der Waals surface area contributed by atoms with Gasteiger partial charge in [-0.05, 0) is 57.4 Å². The predicted octanol–water partition coefficient (Wildman–Crippen LogP) is 2.21. The van der Waals surface area contributed by atoms with Crippen LogP contribution in [0.15, 0.2) is 40.8 Å². The average Bonchev–Trinajstić information content (AvgIpc) is 2.56. The van der Waals surface area contributed by atoms with Gasteiger partial charge in [0.05, 0.1) is 4.90 Å². The molecule has 120 valence electrons. The minimum Gasteiger partial charge on any atom is -0.352 e. The lowest BCUT2D eigenvalue weighted by Crippen LogP contribution is -2.25. The summed E-state index contributed by atoms with van der Waals surface area (Å²) in [6.07, 6.45) is 7.85. The fourth-order valence-corrected chi connectivity index (χ4v) is 3.27. The van der Waals surface area contributed by atoms with E-state index in [1.54, 1.807) is 12.1 Å². The van der Waals surface area contributed by atoms with Gasteiger partial charge in [0, 0.05) is 12.1 Å². The van der Waals surface area contributed by atoms with Gasteiger partial charge in [-0.15, -0.1) is 0 Å². The highest BCUT2D eigenvalue weighted by Gasteiger charge is 2.14. The van der Waals surface area contributed by atoms with E-state index >= 15 is 0 Å². The summed E-state index contributed by atoms with van der Waals surface area (Å²) in [5, 5.41) is 2.85. The van der Waals surface area contributed by atoms with Crippen LogP contribution >= 0.6 is 0 Å². The maximum atomic E-state index is 12.1. The molecule has 0 aromatic heterocycles. The number of carbonyl (C=O) groups excluding carboxylic acids is 1. The van der Waals surface area contributed by atoms with Crippen LogP contribution in [0.3, 0.4) is 0 Å². The zero-order chi connectivity index (χ0) is 16.0. The van der Waals surface area contributed by atoms with E-state index in [2.05, 4.69) is 16.1 Å². The van der Waals surface area contributed by atoms with E-state index < -0.39 is 10.0 Å². The number of nitrogens with one attached hydrogen (secondary N) is 2. The van der Waals surface area contributed by atoms with Crippen molar-refractivity contribution in [3.05, 3.63) is 41.5 Å². The first-order valence-electron chi connectivity index (χ1n) is 7.52. The van der Waals surface area contributed by atoms with E-state index in [0.29, 0.717) is 12.1 Å². The van der Waals surface area contributed by atoms with Gasteiger partial charge in [-0.3, -0.25) is 4.79 Å². The second-order valence-corrected chi connectivity index (χ2v) is 7.24. The molecule has 0 heterocycles. The Bertz CT molecular complexity index is 666. The van der Waals surface area contributed by atoms with Crippen molar-refractivity contribution in [1.29, 1.82) is 0 Å². The van der Waals surface area contributed by atoms with E-state index in [-0.39, 0.29) is 10.8 Å². The van der Waals surface area contributed by atoms with Crippen LogP contribution in [0.5, 0.6) is 0 Å². The second-order valence-electron chi connectivity index (χ2n) is 5.35. The molecule has 22 heavy (non-hydrogen) atoms. The summed E-state index contributed by atoms with van der Waals surface area (Å²) in [5.74, 6) is -0.246. The molecule has 0 spiro atoms. The molecule has 0 saturated heterocycles. The van der Waals surface area contributed by atoms with Crippen LogP contribution in [-0.2, 0) is 10.0 Å². The number of rotatable bonds is 6. The molecule has 0 saturated carbocycles. The van der Waals surface area contributed by atoms with Gasteiger partial charge in [0.15, 0.2) is 0 Å². The number of carbonyl (C=O) groups is 1. The first kappa shape index (κ1) is 16.7. The van der Waals surface area contributed by atoms with Gasteiger partial charge in [-0.2, -0.15) is 0 Å². The molecule has 1 amide bonds. The lowest BCUT2D eigenvalue weighted by Gasteiger charge is -2.13. The number of hydrogen-bond acceptors (Lipinski definition) is 3. The van der Waals surface area contributed by atoms with Crippen LogP contribution in [0.1, 0.15) is 42.5 Å². The van der Waals surface area contributed by atoms with Crippen molar-refractivity contribution in [2.75, 3.05) is 13.6 Å². The number of sulfonamides is 1. The Balaban J connectivity index is 1.95. The first-order chi connectivity index (χ1) is 10.5. The number of hydrogen-bond donors (Lipinski definition) is 2. The Hall–Kier alpha value is -1.66. The number of benzene rings is 1. The summed E-state index contributed by atoms with van der Waals surface area (Å²) >= 11 is 0. The molecular formula is C16H22N2O3S. The molecule has 0 radical (unpaired) electrons. The molecule has 0 fully saturated rings. The fraction of sp³-hybridized carbons (Fsp3) is 0.438. The van der Waals surface area contributed by atoms with Crippen molar-refractivity contribution in [2.24, 2.45) is 0 Å². The van der Waals surface area contributed by atoms with Gasteiger partial charge in [0.1, 0.15) is 0 Å². The molecular weight excluding hydrogens is 300 g/mol.